The number of hydrogen-bond acceptors (Lipinski definition) is 4. The average molecular weight is 383 g/mol. The van der Waals surface area contributed by atoms with Gasteiger partial charge in [-0.15, -0.1) is 0 Å². The summed E-state index contributed by atoms with van der Waals surface area (Å²) in [5.41, 5.74) is 2.65. The third kappa shape index (κ3) is 2.77. The molecule has 0 N–H and O–H groups in total. The lowest BCUT2D eigenvalue weighted by Crippen LogP contribution is -2.53. The van der Waals surface area contributed by atoms with Crippen LogP contribution in [0, 0.1) is 0 Å². The van der Waals surface area contributed by atoms with E-state index < -0.39 is 6.04 Å². The molecule has 0 bridgehead atoms. The second-order valence-corrected chi connectivity index (χ2v) is 8.12. The van der Waals surface area contributed by atoms with Gasteiger partial charge in [-0.1, -0.05) is 31.0 Å². The molecule has 1 aliphatic carbocycles. The zero-order valence-corrected chi connectivity index (χ0v) is 17.1. The van der Waals surface area contributed by atoms with E-state index in [0.29, 0.717) is 12.3 Å². The van der Waals surface area contributed by atoms with E-state index in [1.807, 2.05) is 36.2 Å². The molecule has 1 aromatic carbocycles. The highest BCUT2D eigenvalue weighted by atomic mass is 16.5. The Hall–Kier alpha value is -2.50. The maximum Gasteiger partial charge on any atom is 0.254 e. The first kappa shape index (κ1) is 18.8. The van der Waals surface area contributed by atoms with Gasteiger partial charge in [-0.25, -0.2) is 0 Å². The van der Waals surface area contributed by atoms with Crippen molar-refractivity contribution in [3.63, 3.8) is 0 Å². The number of carbonyl (C=O) groups excluding carboxylic acids is 2. The van der Waals surface area contributed by atoms with Gasteiger partial charge in [0.05, 0.1) is 31.3 Å². The second kappa shape index (κ2) is 7.15. The quantitative estimate of drug-likeness (QED) is 0.788. The normalized spacial score (nSPS) is 27.5. The first-order valence-corrected chi connectivity index (χ1v) is 10.1. The Balaban J connectivity index is 1.97. The van der Waals surface area contributed by atoms with Crippen molar-refractivity contribution in [2.45, 2.75) is 50.7 Å². The molecule has 1 fully saturated rings. The van der Waals surface area contributed by atoms with E-state index in [2.05, 4.69) is 11.9 Å². The van der Waals surface area contributed by atoms with Gasteiger partial charge in [0.1, 0.15) is 5.75 Å². The largest absolute Gasteiger partial charge is 0.496 e. The molecule has 4 rings (SSSR count). The van der Waals surface area contributed by atoms with Crippen LogP contribution < -0.4 is 4.74 Å². The molecule has 2 heterocycles. The molecular weight excluding hydrogens is 354 g/mol. The lowest BCUT2D eigenvalue weighted by atomic mass is 9.86. The van der Waals surface area contributed by atoms with E-state index >= 15 is 0 Å². The van der Waals surface area contributed by atoms with Crippen LogP contribution in [0.1, 0.15) is 44.2 Å². The van der Waals surface area contributed by atoms with Gasteiger partial charge in [0.25, 0.3) is 5.91 Å². The van der Waals surface area contributed by atoms with Crippen LogP contribution in [0.15, 0.2) is 35.5 Å². The number of benzene rings is 1. The number of carbonyl (C=O) groups is 2. The van der Waals surface area contributed by atoms with E-state index in [-0.39, 0.29) is 23.9 Å². The van der Waals surface area contributed by atoms with Crippen molar-refractivity contribution in [3.05, 3.63) is 41.1 Å². The van der Waals surface area contributed by atoms with Crippen molar-refractivity contribution in [2.24, 2.45) is 0 Å². The monoisotopic (exact) mass is 383 g/mol. The average Bonchev–Trinajstić information content (AvgIpc) is 2.94. The Bertz CT molecular complexity index is 834. The molecule has 3 aliphatic rings. The lowest BCUT2D eigenvalue weighted by molar-refractivity contribution is -0.136. The molecule has 1 aromatic rings. The summed E-state index contributed by atoms with van der Waals surface area (Å²) in [6.45, 7) is 2.22. The van der Waals surface area contributed by atoms with E-state index in [0.717, 1.165) is 42.5 Å². The Kier molecular flexibility index (Phi) is 4.81. The summed E-state index contributed by atoms with van der Waals surface area (Å²) >= 11 is 0. The minimum atomic E-state index is -0.420. The molecule has 0 unspecified atom stereocenters. The van der Waals surface area contributed by atoms with E-state index in [1.165, 1.54) is 0 Å². The van der Waals surface area contributed by atoms with Gasteiger partial charge in [0.15, 0.2) is 0 Å². The molecule has 6 nitrogen and oxygen atoms in total. The summed E-state index contributed by atoms with van der Waals surface area (Å²) in [6, 6.07) is 7.67. The van der Waals surface area contributed by atoms with Crippen molar-refractivity contribution in [1.29, 1.82) is 0 Å². The molecule has 3 atom stereocenters. The van der Waals surface area contributed by atoms with Gasteiger partial charge < -0.3 is 19.4 Å². The fourth-order valence-electron chi connectivity index (χ4n) is 5.30. The number of amides is 2. The van der Waals surface area contributed by atoms with Crippen LogP contribution in [-0.2, 0) is 9.59 Å². The van der Waals surface area contributed by atoms with E-state index in [4.69, 9.17) is 4.74 Å². The molecule has 28 heavy (non-hydrogen) atoms. The lowest BCUT2D eigenvalue weighted by Gasteiger charge is -2.45. The maximum atomic E-state index is 13.3. The standard InChI is InChI=1S/C22H29N3O3/c1-14(26)25-17-11-7-6-10-16(17)24(3)18-13-23(2)22(27)20(18)21(25)15-9-5-8-12-19(15)28-4/h5,8-9,12,16-17,21H,6-7,10-11,13H2,1-4H3/t16-,17-,21-/m1/s1. The number of nitrogens with zero attached hydrogens (tertiary/aromatic N) is 3. The van der Waals surface area contributed by atoms with Crippen LogP contribution in [0.3, 0.4) is 0 Å². The first-order chi connectivity index (χ1) is 13.5. The number of para-hydroxylation sites is 1. The van der Waals surface area contributed by atoms with Crippen LogP contribution in [-0.4, -0.2) is 66.3 Å². The minimum Gasteiger partial charge on any atom is -0.496 e. The maximum absolute atomic E-state index is 13.3. The van der Waals surface area contributed by atoms with Gasteiger partial charge in [0.2, 0.25) is 5.91 Å². The predicted molar refractivity (Wildman–Crippen MR) is 107 cm³/mol. The zero-order valence-electron chi connectivity index (χ0n) is 17.1. The smallest absolute Gasteiger partial charge is 0.254 e. The first-order valence-electron chi connectivity index (χ1n) is 10.1. The van der Waals surface area contributed by atoms with Crippen LogP contribution >= 0.6 is 0 Å². The van der Waals surface area contributed by atoms with E-state index in [1.54, 1.807) is 18.9 Å². The van der Waals surface area contributed by atoms with Gasteiger partial charge in [0, 0.05) is 38.3 Å². The Morgan fingerprint density at radius 2 is 1.79 bits per heavy atom. The number of ether oxygens (including phenoxy) is 1. The van der Waals surface area contributed by atoms with Crippen LogP contribution in [0.25, 0.3) is 0 Å². The third-order valence-electron chi connectivity index (χ3n) is 6.60. The van der Waals surface area contributed by atoms with Gasteiger partial charge in [-0.2, -0.15) is 0 Å². The Morgan fingerprint density at radius 1 is 1.11 bits per heavy atom. The zero-order chi connectivity index (χ0) is 20.0. The number of likely N-dealkylation sites (N-methyl/N-ethyl adjacent to an activating group) is 2. The number of hydrogen-bond donors (Lipinski definition) is 0. The molecule has 1 saturated carbocycles. The number of fused-ring (bicyclic) bond motifs is 1. The SMILES string of the molecule is COc1ccccc1[C@@H]1C2=C(CN(C)C2=O)N(C)[C@@H]2CCCC[C@H]2N1C(C)=O. The van der Waals surface area contributed by atoms with Crippen molar-refractivity contribution in [2.75, 3.05) is 27.7 Å². The second-order valence-electron chi connectivity index (χ2n) is 8.12. The molecule has 2 amide bonds. The van der Waals surface area contributed by atoms with Crippen LogP contribution in [0.5, 0.6) is 5.75 Å². The summed E-state index contributed by atoms with van der Waals surface area (Å²) in [7, 11) is 5.56. The highest BCUT2D eigenvalue weighted by Crippen LogP contribution is 2.46. The fraction of sp³-hybridized carbons (Fsp3) is 0.545. The molecule has 2 aliphatic heterocycles. The number of rotatable bonds is 2. The summed E-state index contributed by atoms with van der Waals surface area (Å²) in [4.78, 5) is 32.3. The fourth-order valence-corrected chi connectivity index (χ4v) is 5.30. The van der Waals surface area contributed by atoms with Gasteiger partial charge >= 0.3 is 0 Å². The van der Waals surface area contributed by atoms with Crippen LogP contribution in [0.4, 0.5) is 0 Å². The van der Waals surface area contributed by atoms with Crippen molar-refractivity contribution < 1.29 is 14.3 Å². The summed E-state index contributed by atoms with van der Waals surface area (Å²) in [6.07, 6.45) is 4.27. The minimum absolute atomic E-state index is 0.00246. The molecule has 0 aromatic heterocycles. The molecule has 0 spiro atoms. The Labute approximate surface area is 166 Å². The van der Waals surface area contributed by atoms with Crippen molar-refractivity contribution >= 4 is 11.8 Å². The topological polar surface area (TPSA) is 53.1 Å². The van der Waals surface area contributed by atoms with Crippen molar-refractivity contribution in [1.82, 2.24) is 14.7 Å². The third-order valence-corrected chi connectivity index (χ3v) is 6.60. The molecule has 6 heteroatoms. The van der Waals surface area contributed by atoms with Gasteiger partial charge in [-0.3, -0.25) is 9.59 Å². The number of methoxy groups -OCH3 is 1. The van der Waals surface area contributed by atoms with Crippen molar-refractivity contribution in [3.8, 4) is 5.75 Å². The van der Waals surface area contributed by atoms with Crippen LogP contribution in [0.2, 0.25) is 0 Å². The predicted octanol–water partition coefficient (Wildman–Crippen LogP) is 2.57. The molecule has 150 valence electrons. The van der Waals surface area contributed by atoms with Gasteiger partial charge in [-0.05, 0) is 18.9 Å². The summed E-state index contributed by atoms with van der Waals surface area (Å²) in [5, 5.41) is 0. The van der Waals surface area contributed by atoms with E-state index in [9.17, 15) is 9.59 Å². The highest BCUT2D eigenvalue weighted by molar-refractivity contribution is 5.99. The highest BCUT2D eigenvalue weighted by Gasteiger charge is 2.49. The summed E-state index contributed by atoms with van der Waals surface area (Å²) in [5.74, 6) is 0.727. The molecular formula is C22H29N3O3. The Morgan fingerprint density at radius 3 is 2.46 bits per heavy atom. The summed E-state index contributed by atoms with van der Waals surface area (Å²) < 4.78 is 5.64. The molecule has 0 saturated heterocycles. The molecule has 0 radical (unpaired) electrons.